The minimum absolute atomic E-state index is 0.108. The third-order valence-electron chi connectivity index (χ3n) is 5.73. The summed E-state index contributed by atoms with van der Waals surface area (Å²) in [6, 6.07) is 9.35. The predicted octanol–water partition coefficient (Wildman–Crippen LogP) is 2.56. The summed E-state index contributed by atoms with van der Waals surface area (Å²) < 4.78 is 7.58. The third kappa shape index (κ3) is 2.25. The molecular formula is C19H18ClN3O3. The van der Waals surface area contributed by atoms with Gasteiger partial charge in [0, 0.05) is 16.8 Å². The zero-order valence-corrected chi connectivity index (χ0v) is 15.0. The van der Waals surface area contributed by atoms with Crippen LogP contribution in [0.4, 0.5) is 5.82 Å². The molecule has 2 aromatic rings. The Morgan fingerprint density at radius 2 is 1.73 bits per heavy atom. The average molecular weight is 372 g/mol. The monoisotopic (exact) mass is 371 g/mol. The second-order valence-corrected chi connectivity index (χ2v) is 7.72. The van der Waals surface area contributed by atoms with E-state index in [1.165, 1.54) is 4.90 Å². The lowest BCUT2D eigenvalue weighted by molar-refractivity contribution is -0.124. The van der Waals surface area contributed by atoms with Gasteiger partial charge < -0.3 is 4.74 Å². The van der Waals surface area contributed by atoms with Crippen LogP contribution in [0.5, 0.6) is 0 Å². The Hall–Kier alpha value is -2.18. The van der Waals surface area contributed by atoms with Crippen LogP contribution >= 0.6 is 11.6 Å². The number of carbonyl (C=O) groups is 2. The molecule has 3 aliphatic heterocycles. The number of aryl methyl sites for hydroxylation is 1. The normalized spacial score (nSPS) is 29.7. The fourth-order valence-corrected chi connectivity index (χ4v) is 4.59. The van der Waals surface area contributed by atoms with Crippen molar-refractivity contribution in [3.8, 4) is 0 Å². The molecule has 1 aromatic carbocycles. The van der Waals surface area contributed by atoms with Gasteiger partial charge in [-0.15, -0.1) is 0 Å². The predicted molar refractivity (Wildman–Crippen MR) is 94.9 cm³/mol. The van der Waals surface area contributed by atoms with Gasteiger partial charge in [-0.3, -0.25) is 14.3 Å². The zero-order valence-electron chi connectivity index (χ0n) is 14.3. The summed E-state index contributed by atoms with van der Waals surface area (Å²) >= 11 is 5.93. The van der Waals surface area contributed by atoms with Crippen molar-refractivity contribution in [2.45, 2.75) is 38.5 Å². The van der Waals surface area contributed by atoms with E-state index in [9.17, 15) is 9.59 Å². The van der Waals surface area contributed by atoms with Crippen LogP contribution in [-0.4, -0.2) is 33.8 Å². The molecule has 134 valence electrons. The minimum Gasteiger partial charge on any atom is -0.373 e. The van der Waals surface area contributed by atoms with Crippen LogP contribution in [0.25, 0.3) is 0 Å². The van der Waals surface area contributed by atoms with Crippen molar-refractivity contribution in [3.63, 3.8) is 0 Å². The summed E-state index contributed by atoms with van der Waals surface area (Å²) in [5.41, 5.74) is 1.95. The lowest BCUT2D eigenvalue weighted by Gasteiger charge is -2.15. The number of halogens is 1. The van der Waals surface area contributed by atoms with Crippen LogP contribution in [0.3, 0.4) is 0 Å². The number of hydrogen-bond acceptors (Lipinski definition) is 4. The van der Waals surface area contributed by atoms with Gasteiger partial charge in [0.2, 0.25) is 11.8 Å². The molecule has 4 heterocycles. The smallest absolute Gasteiger partial charge is 0.241 e. The molecule has 1 aromatic heterocycles. The molecule has 3 aliphatic rings. The summed E-state index contributed by atoms with van der Waals surface area (Å²) in [4.78, 5) is 27.0. The largest absolute Gasteiger partial charge is 0.373 e. The lowest BCUT2D eigenvalue weighted by Crippen LogP contribution is -2.34. The van der Waals surface area contributed by atoms with Gasteiger partial charge in [-0.05, 0) is 37.5 Å². The fourth-order valence-electron chi connectivity index (χ4n) is 4.46. The van der Waals surface area contributed by atoms with E-state index in [0.717, 1.165) is 24.1 Å². The Morgan fingerprint density at radius 3 is 2.35 bits per heavy atom. The van der Waals surface area contributed by atoms with Crippen molar-refractivity contribution in [3.05, 3.63) is 46.6 Å². The quantitative estimate of drug-likeness (QED) is 0.778. The number of fused-ring (bicyclic) bond motifs is 5. The molecule has 0 unspecified atom stereocenters. The van der Waals surface area contributed by atoms with E-state index in [4.69, 9.17) is 16.3 Å². The number of rotatable bonds is 3. The Morgan fingerprint density at radius 1 is 1.12 bits per heavy atom. The molecule has 7 heteroatoms. The lowest BCUT2D eigenvalue weighted by atomic mass is 9.81. The molecule has 0 radical (unpaired) electrons. The molecule has 2 bridgehead atoms. The van der Waals surface area contributed by atoms with Crippen molar-refractivity contribution in [1.82, 2.24) is 9.78 Å². The molecule has 3 fully saturated rings. The summed E-state index contributed by atoms with van der Waals surface area (Å²) in [6.45, 7) is 2.48. The molecule has 2 amide bonds. The topological polar surface area (TPSA) is 64.4 Å². The van der Waals surface area contributed by atoms with Crippen molar-refractivity contribution in [2.24, 2.45) is 11.8 Å². The highest BCUT2D eigenvalue weighted by Gasteiger charge is 2.63. The highest BCUT2D eigenvalue weighted by molar-refractivity contribution is 6.30. The Labute approximate surface area is 155 Å². The summed E-state index contributed by atoms with van der Waals surface area (Å²) in [7, 11) is 0. The number of amides is 2. The van der Waals surface area contributed by atoms with Crippen molar-refractivity contribution in [2.75, 3.05) is 4.90 Å². The zero-order chi connectivity index (χ0) is 18.0. The van der Waals surface area contributed by atoms with Gasteiger partial charge in [-0.2, -0.15) is 5.10 Å². The first-order chi connectivity index (χ1) is 12.5. The number of ether oxygens (including phenoxy) is 1. The van der Waals surface area contributed by atoms with Crippen LogP contribution in [0, 0.1) is 18.8 Å². The molecule has 0 aliphatic carbocycles. The Balaban J connectivity index is 1.43. The van der Waals surface area contributed by atoms with Crippen molar-refractivity contribution in [1.29, 1.82) is 0 Å². The maximum absolute atomic E-state index is 12.9. The minimum atomic E-state index is -0.331. The molecule has 4 atom stereocenters. The molecule has 0 saturated carbocycles. The number of imide groups is 1. The molecule has 6 nitrogen and oxygen atoms in total. The first kappa shape index (κ1) is 16.0. The van der Waals surface area contributed by atoms with Gasteiger partial charge in [0.25, 0.3) is 0 Å². The van der Waals surface area contributed by atoms with Crippen LogP contribution in [0.2, 0.25) is 5.02 Å². The standard InChI is InChI=1S/C19H18ClN3O3/c1-10-8-15(21-22(10)9-11-2-4-12(20)5-3-11)23-18(24)16-13-6-7-14(26-13)17(16)19(23)25/h2-5,8,13-14,16-17H,6-7,9H2,1H3/t13-,14+,16-,17+. The van der Waals surface area contributed by atoms with Crippen LogP contribution in [-0.2, 0) is 20.9 Å². The number of benzene rings is 1. The number of anilines is 1. The molecule has 26 heavy (non-hydrogen) atoms. The number of carbonyl (C=O) groups excluding carboxylic acids is 2. The average Bonchev–Trinajstić information content (AvgIpc) is 3.35. The number of hydrogen-bond donors (Lipinski definition) is 0. The summed E-state index contributed by atoms with van der Waals surface area (Å²) in [5, 5.41) is 5.22. The van der Waals surface area contributed by atoms with E-state index in [-0.39, 0.29) is 35.9 Å². The van der Waals surface area contributed by atoms with Gasteiger partial charge in [-0.1, -0.05) is 23.7 Å². The maximum atomic E-state index is 12.9. The third-order valence-corrected chi connectivity index (χ3v) is 5.98. The van der Waals surface area contributed by atoms with Gasteiger partial charge in [0.05, 0.1) is 30.6 Å². The molecule has 0 N–H and O–H groups in total. The SMILES string of the molecule is Cc1cc(N2C(=O)[C@@H]3[C@H](C2=O)[C@H]2CC[C@@H]3O2)nn1Cc1ccc(Cl)cc1. The molecule has 0 spiro atoms. The number of aromatic nitrogens is 2. The van der Waals surface area contributed by atoms with Crippen LogP contribution in [0.1, 0.15) is 24.1 Å². The van der Waals surface area contributed by atoms with E-state index in [2.05, 4.69) is 5.10 Å². The van der Waals surface area contributed by atoms with E-state index in [1.807, 2.05) is 31.2 Å². The highest BCUT2D eigenvalue weighted by Crippen LogP contribution is 2.49. The van der Waals surface area contributed by atoms with Gasteiger partial charge in [0.15, 0.2) is 5.82 Å². The van der Waals surface area contributed by atoms with E-state index in [0.29, 0.717) is 17.4 Å². The molecular weight excluding hydrogens is 354 g/mol. The van der Waals surface area contributed by atoms with Gasteiger partial charge in [0.1, 0.15) is 0 Å². The Kier molecular flexibility index (Phi) is 3.49. The van der Waals surface area contributed by atoms with Gasteiger partial charge >= 0.3 is 0 Å². The molecule has 3 saturated heterocycles. The molecule has 5 rings (SSSR count). The maximum Gasteiger partial charge on any atom is 0.241 e. The summed E-state index contributed by atoms with van der Waals surface area (Å²) in [6.07, 6.45) is 1.51. The highest BCUT2D eigenvalue weighted by atomic mass is 35.5. The first-order valence-corrected chi connectivity index (χ1v) is 9.23. The fraction of sp³-hybridized carbons (Fsp3) is 0.421. The van der Waals surface area contributed by atoms with E-state index >= 15 is 0 Å². The van der Waals surface area contributed by atoms with Crippen molar-refractivity contribution >= 4 is 29.2 Å². The number of nitrogens with zero attached hydrogens (tertiary/aromatic N) is 3. The van der Waals surface area contributed by atoms with E-state index in [1.54, 1.807) is 10.7 Å². The second-order valence-electron chi connectivity index (χ2n) is 7.28. The van der Waals surface area contributed by atoms with Crippen LogP contribution < -0.4 is 4.90 Å². The first-order valence-electron chi connectivity index (χ1n) is 8.85. The second kappa shape index (κ2) is 5.66. The summed E-state index contributed by atoms with van der Waals surface area (Å²) in [5.74, 6) is -0.571. The van der Waals surface area contributed by atoms with E-state index < -0.39 is 0 Å². The van der Waals surface area contributed by atoms with Crippen LogP contribution in [0.15, 0.2) is 30.3 Å². The van der Waals surface area contributed by atoms with Gasteiger partial charge in [-0.25, -0.2) is 4.90 Å². The van der Waals surface area contributed by atoms with Crippen molar-refractivity contribution < 1.29 is 14.3 Å². The Bertz CT molecular complexity index is 879.